The number of hydrogen-bond donors (Lipinski definition) is 1. The molecule has 7 heteroatoms. The van der Waals surface area contributed by atoms with E-state index in [1.54, 1.807) is 67.8 Å². The number of methoxy groups -OCH3 is 1. The molecule has 7 nitrogen and oxygen atoms in total. The Labute approximate surface area is 190 Å². The van der Waals surface area contributed by atoms with Gasteiger partial charge < -0.3 is 23.9 Å². The number of para-hydroxylation sites is 3. The Morgan fingerprint density at radius 3 is 2.33 bits per heavy atom. The van der Waals surface area contributed by atoms with Gasteiger partial charge in [0, 0.05) is 5.69 Å². The van der Waals surface area contributed by atoms with Crippen LogP contribution in [-0.2, 0) is 6.61 Å². The monoisotopic (exact) mass is 440 g/mol. The summed E-state index contributed by atoms with van der Waals surface area (Å²) in [5, 5.41) is 11.9. The Hall–Kier alpha value is -4.70. The molecule has 0 spiro atoms. The van der Waals surface area contributed by atoms with Crippen molar-refractivity contribution in [2.75, 3.05) is 12.4 Å². The molecule has 0 saturated heterocycles. The molecule has 1 aromatic heterocycles. The molecular weight excluding hydrogens is 420 g/mol. The van der Waals surface area contributed by atoms with E-state index in [-0.39, 0.29) is 12.4 Å². The maximum absolute atomic E-state index is 12.5. The summed E-state index contributed by atoms with van der Waals surface area (Å²) in [5.41, 5.74) is 1.02. The summed E-state index contributed by atoms with van der Waals surface area (Å²) < 4.78 is 22.3. The zero-order chi connectivity index (χ0) is 23.0. The number of carbonyl (C=O) groups excluding carboxylic acids is 1. The van der Waals surface area contributed by atoms with E-state index in [0.717, 1.165) is 0 Å². The summed E-state index contributed by atoms with van der Waals surface area (Å²) >= 11 is 0. The summed E-state index contributed by atoms with van der Waals surface area (Å²) in [4.78, 5) is 12.5. The third-order valence-electron chi connectivity index (χ3n) is 4.67. The number of amides is 1. The molecule has 164 valence electrons. The van der Waals surface area contributed by atoms with Crippen molar-refractivity contribution < 1.29 is 23.4 Å². The summed E-state index contributed by atoms with van der Waals surface area (Å²) in [6, 6.07) is 26.5. The average molecular weight is 440 g/mol. The molecule has 4 rings (SSSR count). The Bertz CT molecular complexity index is 1290. The first-order valence-corrected chi connectivity index (χ1v) is 10.1. The minimum absolute atomic E-state index is 0.0982. The summed E-state index contributed by atoms with van der Waals surface area (Å²) in [6.45, 7) is 0.0982. The molecule has 3 aromatic carbocycles. The standard InChI is InChI=1S/C26H20N2O5/c1-30-23-8-4-5-9-24(23)32-20-12-10-19(11-13-20)28-26(29)25-15-14-21(33-25)17-31-22-7-3-2-6-18(22)16-27/h2-15H,17H2,1H3,(H,28,29). The minimum atomic E-state index is -0.392. The van der Waals surface area contributed by atoms with Gasteiger partial charge in [0.1, 0.15) is 29.9 Å². The SMILES string of the molecule is COc1ccccc1Oc1ccc(NC(=O)c2ccc(COc3ccccc3C#N)o2)cc1. The highest BCUT2D eigenvalue weighted by atomic mass is 16.5. The van der Waals surface area contributed by atoms with Gasteiger partial charge in [0.05, 0.1) is 12.7 Å². The molecule has 0 fully saturated rings. The highest BCUT2D eigenvalue weighted by Gasteiger charge is 2.13. The van der Waals surface area contributed by atoms with Crippen LogP contribution in [-0.4, -0.2) is 13.0 Å². The molecule has 0 radical (unpaired) electrons. The predicted molar refractivity (Wildman–Crippen MR) is 122 cm³/mol. The highest BCUT2D eigenvalue weighted by Crippen LogP contribution is 2.31. The first-order valence-electron chi connectivity index (χ1n) is 10.1. The number of anilines is 1. The number of furan rings is 1. The van der Waals surface area contributed by atoms with Crippen LogP contribution in [0.3, 0.4) is 0 Å². The first kappa shape index (κ1) is 21.5. The van der Waals surface area contributed by atoms with Crippen molar-refractivity contribution in [1.82, 2.24) is 0 Å². The zero-order valence-electron chi connectivity index (χ0n) is 17.8. The fourth-order valence-corrected chi connectivity index (χ4v) is 3.04. The number of carbonyl (C=O) groups is 1. The van der Waals surface area contributed by atoms with E-state index in [9.17, 15) is 4.79 Å². The van der Waals surface area contributed by atoms with Gasteiger partial charge in [-0.1, -0.05) is 24.3 Å². The smallest absolute Gasteiger partial charge is 0.291 e. The van der Waals surface area contributed by atoms with Gasteiger partial charge in [-0.15, -0.1) is 0 Å². The van der Waals surface area contributed by atoms with E-state index in [0.29, 0.717) is 40.0 Å². The van der Waals surface area contributed by atoms with E-state index in [4.69, 9.17) is 23.9 Å². The van der Waals surface area contributed by atoms with Crippen LogP contribution in [0.5, 0.6) is 23.0 Å². The Kier molecular flexibility index (Phi) is 6.57. The lowest BCUT2D eigenvalue weighted by atomic mass is 10.2. The van der Waals surface area contributed by atoms with Crippen molar-refractivity contribution in [2.24, 2.45) is 0 Å². The van der Waals surface area contributed by atoms with E-state index >= 15 is 0 Å². The molecule has 1 N–H and O–H groups in total. The third-order valence-corrected chi connectivity index (χ3v) is 4.67. The molecule has 0 bridgehead atoms. The van der Waals surface area contributed by atoms with E-state index in [2.05, 4.69) is 11.4 Å². The molecule has 0 aliphatic carbocycles. The second-order valence-electron chi connectivity index (χ2n) is 6.89. The van der Waals surface area contributed by atoms with Gasteiger partial charge in [-0.25, -0.2) is 0 Å². The molecule has 0 aliphatic heterocycles. The Balaban J connectivity index is 1.35. The van der Waals surface area contributed by atoms with Crippen molar-refractivity contribution in [3.63, 3.8) is 0 Å². The van der Waals surface area contributed by atoms with Crippen molar-refractivity contribution in [3.8, 4) is 29.1 Å². The number of nitrogens with one attached hydrogen (secondary N) is 1. The first-order chi connectivity index (χ1) is 16.2. The van der Waals surface area contributed by atoms with Crippen LogP contribution in [0.1, 0.15) is 21.9 Å². The summed E-state index contributed by atoms with van der Waals surface area (Å²) in [5.74, 6) is 2.51. The van der Waals surface area contributed by atoms with Gasteiger partial charge in [0.2, 0.25) is 0 Å². The maximum Gasteiger partial charge on any atom is 0.291 e. The molecule has 0 aliphatic rings. The van der Waals surface area contributed by atoms with Crippen molar-refractivity contribution >= 4 is 11.6 Å². The van der Waals surface area contributed by atoms with Crippen molar-refractivity contribution in [2.45, 2.75) is 6.61 Å². The lowest BCUT2D eigenvalue weighted by Crippen LogP contribution is -2.10. The predicted octanol–water partition coefficient (Wildman–Crippen LogP) is 5.78. The second-order valence-corrected chi connectivity index (χ2v) is 6.89. The fraction of sp³-hybridized carbons (Fsp3) is 0.0769. The van der Waals surface area contributed by atoms with Crippen molar-refractivity contribution in [3.05, 3.63) is 102 Å². The normalized spacial score (nSPS) is 10.2. The average Bonchev–Trinajstić information content (AvgIpc) is 3.34. The molecular formula is C26H20N2O5. The quantitative estimate of drug-likeness (QED) is 0.373. The van der Waals surface area contributed by atoms with Crippen LogP contribution in [0, 0.1) is 11.3 Å². The number of rotatable bonds is 8. The molecule has 0 atom stereocenters. The molecule has 1 heterocycles. The van der Waals surface area contributed by atoms with Gasteiger partial charge in [0.25, 0.3) is 5.91 Å². The third kappa shape index (κ3) is 5.32. The van der Waals surface area contributed by atoms with Crippen LogP contribution in [0.15, 0.2) is 89.3 Å². The number of nitrogens with zero attached hydrogens (tertiary/aromatic N) is 1. The lowest BCUT2D eigenvalue weighted by molar-refractivity contribution is 0.0992. The van der Waals surface area contributed by atoms with Crippen LogP contribution < -0.4 is 19.5 Å². The van der Waals surface area contributed by atoms with Gasteiger partial charge >= 0.3 is 0 Å². The number of nitriles is 1. The lowest BCUT2D eigenvalue weighted by Gasteiger charge is -2.10. The second kappa shape index (κ2) is 10.1. The van der Waals surface area contributed by atoms with E-state index in [1.807, 2.05) is 24.3 Å². The number of hydrogen-bond acceptors (Lipinski definition) is 6. The van der Waals surface area contributed by atoms with Gasteiger partial charge in [-0.3, -0.25) is 4.79 Å². The summed E-state index contributed by atoms with van der Waals surface area (Å²) in [7, 11) is 1.58. The van der Waals surface area contributed by atoms with Gasteiger partial charge in [-0.05, 0) is 60.7 Å². The summed E-state index contributed by atoms with van der Waals surface area (Å²) in [6.07, 6.45) is 0. The molecule has 0 unspecified atom stereocenters. The van der Waals surface area contributed by atoms with Gasteiger partial charge in [0.15, 0.2) is 17.3 Å². The number of benzene rings is 3. The maximum atomic E-state index is 12.5. The number of ether oxygens (including phenoxy) is 3. The van der Waals surface area contributed by atoms with Gasteiger partial charge in [-0.2, -0.15) is 5.26 Å². The molecule has 4 aromatic rings. The Morgan fingerprint density at radius 2 is 1.61 bits per heavy atom. The Morgan fingerprint density at radius 1 is 0.909 bits per heavy atom. The van der Waals surface area contributed by atoms with Crippen LogP contribution in [0.4, 0.5) is 5.69 Å². The fourth-order valence-electron chi connectivity index (χ4n) is 3.04. The van der Waals surface area contributed by atoms with Crippen LogP contribution in [0.2, 0.25) is 0 Å². The minimum Gasteiger partial charge on any atom is -0.493 e. The molecule has 33 heavy (non-hydrogen) atoms. The molecule has 0 saturated carbocycles. The van der Waals surface area contributed by atoms with Crippen LogP contribution in [0.25, 0.3) is 0 Å². The molecule has 1 amide bonds. The highest BCUT2D eigenvalue weighted by molar-refractivity contribution is 6.02. The van der Waals surface area contributed by atoms with E-state index in [1.165, 1.54) is 0 Å². The van der Waals surface area contributed by atoms with E-state index < -0.39 is 5.91 Å². The largest absolute Gasteiger partial charge is 0.493 e. The van der Waals surface area contributed by atoms with Crippen LogP contribution >= 0.6 is 0 Å². The topological polar surface area (TPSA) is 93.7 Å². The van der Waals surface area contributed by atoms with Crippen molar-refractivity contribution in [1.29, 1.82) is 5.26 Å². The zero-order valence-corrected chi connectivity index (χ0v) is 17.8.